The Hall–Kier alpha value is -1.79. The van der Waals surface area contributed by atoms with Gasteiger partial charge in [0.1, 0.15) is 13.1 Å². The van der Waals surface area contributed by atoms with Gasteiger partial charge in [0.05, 0.1) is 6.61 Å². The monoisotopic (exact) mass is 300 g/mol. The van der Waals surface area contributed by atoms with E-state index in [0.29, 0.717) is 6.42 Å². The van der Waals surface area contributed by atoms with Crippen LogP contribution in [-0.4, -0.2) is 64.7 Å². The van der Waals surface area contributed by atoms with Crippen molar-refractivity contribution in [3.05, 3.63) is 0 Å². The van der Waals surface area contributed by atoms with E-state index in [1.54, 1.807) is 13.8 Å². The van der Waals surface area contributed by atoms with Gasteiger partial charge in [0.2, 0.25) is 0 Å². The largest absolute Gasteiger partial charge is 0.480 e. The lowest BCUT2D eigenvalue weighted by molar-refractivity contribution is -0.144. The van der Waals surface area contributed by atoms with E-state index < -0.39 is 18.0 Å². The molecular weight excluding hydrogens is 276 g/mol. The van der Waals surface area contributed by atoms with Gasteiger partial charge in [-0.15, -0.1) is 0 Å². The molecule has 7 heteroatoms. The van der Waals surface area contributed by atoms with Gasteiger partial charge in [0, 0.05) is 12.1 Å². The molecule has 0 saturated heterocycles. The molecular formula is C14H24N2O5. The predicted molar refractivity (Wildman–Crippen MR) is 75.9 cm³/mol. The second-order valence-corrected chi connectivity index (χ2v) is 5.23. The van der Waals surface area contributed by atoms with E-state index >= 15 is 0 Å². The molecule has 1 unspecified atom stereocenters. The summed E-state index contributed by atoms with van der Waals surface area (Å²) < 4.78 is 4.88. The summed E-state index contributed by atoms with van der Waals surface area (Å²) in [6, 6.07) is -0.582. The molecule has 0 spiro atoms. The van der Waals surface area contributed by atoms with Crippen LogP contribution in [0, 0.1) is 0 Å². The van der Waals surface area contributed by atoms with Crippen LogP contribution in [0.5, 0.6) is 0 Å². The highest BCUT2D eigenvalue weighted by Crippen LogP contribution is 2.28. The highest BCUT2D eigenvalue weighted by Gasteiger charge is 2.37. The number of carbonyl (C=O) groups excluding carboxylic acids is 2. The number of esters is 1. The van der Waals surface area contributed by atoms with Crippen LogP contribution in [0.4, 0.5) is 4.79 Å². The van der Waals surface area contributed by atoms with E-state index in [-0.39, 0.29) is 31.8 Å². The SMILES string of the molecule is CCOC(=O)CN(C(=O)N(CC(=O)O)C(C)CC)C1CC1. The van der Waals surface area contributed by atoms with Gasteiger partial charge in [0.15, 0.2) is 0 Å². The second kappa shape index (κ2) is 7.85. The zero-order valence-corrected chi connectivity index (χ0v) is 12.9. The molecule has 0 bridgehead atoms. The van der Waals surface area contributed by atoms with Gasteiger partial charge in [-0.1, -0.05) is 6.92 Å². The van der Waals surface area contributed by atoms with Crippen molar-refractivity contribution in [3.8, 4) is 0 Å². The number of carboxylic acid groups (broad SMARTS) is 1. The Bertz CT molecular complexity index is 395. The molecule has 0 heterocycles. The number of ether oxygens (including phenoxy) is 1. The first kappa shape index (κ1) is 17.3. The van der Waals surface area contributed by atoms with Gasteiger partial charge in [-0.25, -0.2) is 4.79 Å². The Morgan fingerprint density at radius 3 is 2.29 bits per heavy atom. The van der Waals surface area contributed by atoms with Crippen LogP contribution in [0.3, 0.4) is 0 Å². The zero-order valence-electron chi connectivity index (χ0n) is 12.9. The standard InChI is InChI=1S/C14H24N2O5/c1-4-10(3)15(8-12(17)18)14(20)16(11-6-7-11)9-13(19)21-5-2/h10-11H,4-9H2,1-3H3,(H,17,18). The average Bonchev–Trinajstić information content (AvgIpc) is 3.25. The van der Waals surface area contributed by atoms with Gasteiger partial charge in [-0.05, 0) is 33.1 Å². The van der Waals surface area contributed by atoms with Crippen molar-refractivity contribution in [1.82, 2.24) is 9.80 Å². The first-order valence-electron chi connectivity index (χ1n) is 7.35. The summed E-state index contributed by atoms with van der Waals surface area (Å²) in [5.41, 5.74) is 0. The number of carbonyl (C=O) groups is 3. The molecule has 1 saturated carbocycles. The zero-order chi connectivity index (χ0) is 16.0. The number of rotatable bonds is 8. The fourth-order valence-electron chi connectivity index (χ4n) is 2.03. The third kappa shape index (κ3) is 5.24. The van der Waals surface area contributed by atoms with Gasteiger partial charge < -0.3 is 19.6 Å². The van der Waals surface area contributed by atoms with Crippen LogP contribution < -0.4 is 0 Å². The molecule has 21 heavy (non-hydrogen) atoms. The topological polar surface area (TPSA) is 87.2 Å². The smallest absolute Gasteiger partial charge is 0.325 e. The van der Waals surface area contributed by atoms with Gasteiger partial charge in [-0.3, -0.25) is 9.59 Å². The van der Waals surface area contributed by atoms with Gasteiger partial charge in [0.25, 0.3) is 0 Å². The number of hydrogen-bond donors (Lipinski definition) is 1. The third-order valence-electron chi connectivity index (χ3n) is 3.51. The summed E-state index contributed by atoms with van der Waals surface area (Å²) in [4.78, 5) is 37.9. The lowest BCUT2D eigenvalue weighted by atomic mass is 10.2. The fourth-order valence-corrected chi connectivity index (χ4v) is 2.03. The molecule has 1 N–H and O–H groups in total. The van der Waals surface area contributed by atoms with Crippen LogP contribution in [0.25, 0.3) is 0 Å². The maximum absolute atomic E-state index is 12.6. The number of urea groups is 1. The molecule has 2 amide bonds. The number of carboxylic acids is 1. The van der Waals surface area contributed by atoms with Crippen molar-refractivity contribution in [2.24, 2.45) is 0 Å². The predicted octanol–water partition coefficient (Wildman–Crippen LogP) is 1.32. The van der Waals surface area contributed by atoms with E-state index in [4.69, 9.17) is 9.84 Å². The Kier molecular flexibility index (Phi) is 6.45. The summed E-state index contributed by atoms with van der Waals surface area (Å²) in [6.45, 7) is 5.17. The van der Waals surface area contributed by atoms with E-state index in [2.05, 4.69) is 0 Å². The molecule has 1 aliphatic rings. The lowest BCUT2D eigenvalue weighted by Gasteiger charge is -2.33. The van der Waals surface area contributed by atoms with E-state index in [0.717, 1.165) is 12.8 Å². The minimum absolute atomic E-state index is 0.0160. The highest BCUT2D eigenvalue weighted by molar-refractivity contribution is 5.84. The highest BCUT2D eigenvalue weighted by atomic mass is 16.5. The summed E-state index contributed by atoms with van der Waals surface area (Å²) in [5.74, 6) is -1.52. The minimum atomic E-state index is -1.06. The van der Waals surface area contributed by atoms with Crippen LogP contribution in [0.2, 0.25) is 0 Å². The van der Waals surface area contributed by atoms with Crippen molar-refractivity contribution in [1.29, 1.82) is 0 Å². The van der Waals surface area contributed by atoms with Crippen molar-refractivity contribution < 1.29 is 24.2 Å². The second-order valence-electron chi connectivity index (χ2n) is 5.23. The lowest BCUT2D eigenvalue weighted by Crippen LogP contribution is -2.51. The summed E-state index contributed by atoms with van der Waals surface area (Å²) in [5, 5.41) is 8.98. The van der Waals surface area contributed by atoms with Crippen LogP contribution in [0.15, 0.2) is 0 Å². The first-order chi connectivity index (χ1) is 9.90. The molecule has 7 nitrogen and oxygen atoms in total. The third-order valence-corrected chi connectivity index (χ3v) is 3.51. The molecule has 1 aliphatic carbocycles. The van der Waals surface area contributed by atoms with E-state index in [1.165, 1.54) is 9.80 Å². The molecule has 0 aliphatic heterocycles. The maximum atomic E-state index is 12.6. The minimum Gasteiger partial charge on any atom is -0.480 e. The van der Waals surface area contributed by atoms with Gasteiger partial charge in [-0.2, -0.15) is 0 Å². The Balaban J connectivity index is 2.80. The molecule has 0 aromatic carbocycles. The van der Waals surface area contributed by atoms with Crippen molar-refractivity contribution >= 4 is 18.0 Å². The van der Waals surface area contributed by atoms with Crippen LogP contribution in [0.1, 0.15) is 40.0 Å². The number of nitrogens with zero attached hydrogens (tertiary/aromatic N) is 2. The van der Waals surface area contributed by atoms with Crippen molar-refractivity contribution in [2.45, 2.75) is 52.1 Å². The van der Waals surface area contributed by atoms with E-state index in [9.17, 15) is 14.4 Å². The molecule has 0 aromatic heterocycles. The Labute approximate surface area is 124 Å². The quantitative estimate of drug-likeness (QED) is 0.683. The van der Waals surface area contributed by atoms with Crippen molar-refractivity contribution in [2.75, 3.05) is 19.7 Å². The molecule has 1 fully saturated rings. The summed E-state index contributed by atoms with van der Waals surface area (Å²) in [7, 11) is 0. The first-order valence-corrected chi connectivity index (χ1v) is 7.35. The number of amides is 2. The summed E-state index contributed by atoms with van der Waals surface area (Å²) in [6.07, 6.45) is 2.33. The van der Waals surface area contributed by atoms with Crippen molar-refractivity contribution in [3.63, 3.8) is 0 Å². The average molecular weight is 300 g/mol. The molecule has 1 atom stereocenters. The van der Waals surface area contributed by atoms with Crippen LogP contribution >= 0.6 is 0 Å². The van der Waals surface area contributed by atoms with E-state index in [1.807, 2.05) is 6.92 Å². The molecule has 0 aromatic rings. The number of hydrogen-bond acceptors (Lipinski definition) is 4. The maximum Gasteiger partial charge on any atom is 0.325 e. The Morgan fingerprint density at radius 1 is 1.24 bits per heavy atom. The fraction of sp³-hybridized carbons (Fsp3) is 0.786. The summed E-state index contributed by atoms with van der Waals surface area (Å²) >= 11 is 0. The van der Waals surface area contributed by atoms with Crippen LogP contribution in [-0.2, 0) is 14.3 Å². The Morgan fingerprint density at radius 2 is 1.86 bits per heavy atom. The molecule has 1 rings (SSSR count). The molecule has 120 valence electrons. The normalized spacial score (nSPS) is 15.2. The molecule has 0 radical (unpaired) electrons. The number of aliphatic carboxylic acids is 1. The van der Waals surface area contributed by atoms with Gasteiger partial charge >= 0.3 is 18.0 Å².